The van der Waals surface area contributed by atoms with Crippen LogP contribution in [-0.4, -0.2) is 23.9 Å². The zero-order valence-corrected chi connectivity index (χ0v) is 11.2. The van der Waals surface area contributed by atoms with E-state index in [1.165, 1.54) is 12.1 Å². The minimum Gasteiger partial charge on any atom is -0.341 e. The molecule has 0 bridgehead atoms. The summed E-state index contributed by atoms with van der Waals surface area (Å²) in [5, 5.41) is 0. The Morgan fingerprint density at radius 2 is 1.95 bits per heavy atom. The molecule has 2 unspecified atom stereocenters. The van der Waals surface area contributed by atoms with Gasteiger partial charge in [-0.05, 0) is 23.6 Å². The fourth-order valence-corrected chi connectivity index (χ4v) is 2.41. The summed E-state index contributed by atoms with van der Waals surface area (Å²) in [5.74, 6) is 0.363. The van der Waals surface area contributed by atoms with Crippen molar-refractivity contribution in [3.05, 3.63) is 35.4 Å². The van der Waals surface area contributed by atoms with Gasteiger partial charge in [0.05, 0.1) is 5.56 Å². The van der Waals surface area contributed by atoms with E-state index in [0.717, 1.165) is 12.1 Å². The van der Waals surface area contributed by atoms with Crippen molar-refractivity contribution in [1.82, 2.24) is 4.90 Å². The maximum absolute atomic E-state index is 12.5. The van der Waals surface area contributed by atoms with E-state index in [1.54, 1.807) is 4.90 Å². The number of amides is 1. The minimum atomic E-state index is -4.34. The molecule has 0 radical (unpaired) electrons. The first-order valence-electron chi connectivity index (χ1n) is 6.48. The molecule has 1 aromatic rings. The molecule has 2 rings (SSSR count). The van der Waals surface area contributed by atoms with Gasteiger partial charge in [-0.15, -0.1) is 0 Å². The lowest BCUT2D eigenvalue weighted by atomic mass is 10.0. The molecule has 0 aromatic heterocycles. The number of halogens is 3. The summed E-state index contributed by atoms with van der Waals surface area (Å²) in [7, 11) is 0. The van der Waals surface area contributed by atoms with Gasteiger partial charge in [-0.1, -0.05) is 19.1 Å². The molecule has 0 saturated carbocycles. The van der Waals surface area contributed by atoms with Crippen molar-refractivity contribution >= 4 is 5.91 Å². The number of likely N-dealkylation sites (tertiary alicyclic amines) is 1. The van der Waals surface area contributed by atoms with E-state index in [9.17, 15) is 18.0 Å². The van der Waals surface area contributed by atoms with Crippen LogP contribution in [-0.2, 0) is 11.0 Å². The molecule has 0 aliphatic carbocycles. The number of carbonyl (C=O) groups is 1. The summed E-state index contributed by atoms with van der Waals surface area (Å²) in [4.78, 5) is 13.3. The smallest absolute Gasteiger partial charge is 0.341 e. The van der Waals surface area contributed by atoms with Crippen molar-refractivity contribution < 1.29 is 18.0 Å². The van der Waals surface area contributed by atoms with Crippen molar-refractivity contribution in [2.45, 2.75) is 25.6 Å². The van der Waals surface area contributed by atoms with Gasteiger partial charge in [-0.2, -0.15) is 13.2 Å². The lowest BCUT2D eigenvalue weighted by molar-refractivity contribution is -0.137. The Bertz CT molecular complexity index is 484. The first kappa shape index (κ1) is 14.8. The molecule has 1 amide bonds. The molecule has 1 aliphatic rings. The molecule has 110 valence electrons. The molecule has 2 atom stereocenters. The average molecular weight is 286 g/mol. The highest BCUT2D eigenvalue weighted by Crippen LogP contribution is 2.30. The summed E-state index contributed by atoms with van der Waals surface area (Å²) in [5.41, 5.74) is 5.87. The lowest BCUT2D eigenvalue weighted by Gasteiger charge is -2.21. The van der Waals surface area contributed by atoms with Crippen LogP contribution in [0.5, 0.6) is 0 Å². The van der Waals surface area contributed by atoms with E-state index in [0.29, 0.717) is 31.0 Å². The van der Waals surface area contributed by atoms with Crippen LogP contribution in [0.1, 0.15) is 30.5 Å². The van der Waals surface area contributed by atoms with Crippen LogP contribution in [0, 0.1) is 5.92 Å². The molecule has 3 nitrogen and oxygen atoms in total. The van der Waals surface area contributed by atoms with Crippen molar-refractivity contribution in [2.24, 2.45) is 11.7 Å². The summed E-state index contributed by atoms with van der Waals surface area (Å²) in [6.45, 7) is 2.99. The first-order chi connectivity index (χ1) is 9.27. The number of carbonyl (C=O) groups excluding carboxylic acids is 1. The van der Waals surface area contributed by atoms with Crippen molar-refractivity contribution in [3.63, 3.8) is 0 Å². The second-order valence-electron chi connectivity index (χ2n) is 5.33. The summed E-state index contributed by atoms with van der Waals surface area (Å²) in [6.07, 6.45) is -3.83. The predicted octanol–water partition coefficient (Wildman–Crippen LogP) is 2.57. The minimum absolute atomic E-state index is 0.0554. The number of nitrogens with zero attached hydrogens (tertiary/aromatic N) is 1. The van der Waals surface area contributed by atoms with Crippen molar-refractivity contribution in [3.8, 4) is 0 Å². The predicted molar refractivity (Wildman–Crippen MR) is 68.7 cm³/mol. The Morgan fingerprint density at radius 1 is 1.35 bits per heavy atom. The van der Waals surface area contributed by atoms with Crippen LogP contribution in [0.15, 0.2) is 24.3 Å². The summed E-state index contributed by atoms with van der Waals surface area (Å²) >= 11 is 0. The monoisotopic (exact) mass is 286 g/mol. The fraction of sp³-hybridized carbons (Fsp3) is 0.500. The normalized spacial score (nSPS) is 21.4. The average Bonchev–Trinajstić information content (AvgIpc) is 2.67. The van der Waals surface area contributed by atoms with E-state index >= 15 is 0 Å². The number of nitrogens with two attached hydrogens (primary N) is 1. The molecule has 0 spiro atoms. The highest BCUT2D eigenvalue weighted by Gasteiger charge is 2.31. The molecule has 1 heterocycles. The third kappa shape index (κ3) is 3.30. The van der Waals surface area contributed by atoms with Crippen LogP contribution in [0.25, 0.3) is 0 Å². The van der Waals surface area contributed by atoms with E-state index in [2.05, 4.69) is 0 Å². The molecular formula is C14H17F3N2O. The Morgan fingerprint density at radius 3 is 2.40 bits per heavy atom. The van der Waals surface area contributed by atoms with Crippen LogP contribution in [0.2, 0.25) is 0 Å². The van der Waals surface area contributed by atoms with Crippen LogP contribution < -0.4 is 5.73 Å². The number of rotatable bonds is 3. The molecule has 1 fully saturated rings. The number of hydrogen-bond acceptors (Lipinski definition) is 2. The van der Waals surface area contributed by atoms with Crippen LogP contribution in [0.3, 0.4) is 0 Å². The Labute approximate surface area is 115 Å². The Balaban J connectivity index is 2.03. The maximum Gasteiger partial charge on any atom is 0.416 e. The molecule has 1 aromatic carbocycles. The summed E-state index contributed by atoms with van der Waals surface area (Å²) in [6, 6.07) is 4.31. The van der Waals surface area contributed by atoms with E-state index < -0.39 is 17.8 Å². The molecule has 1 aliphatic heterocycles. The topological polar surface area (TPSA) is 46.3 Å². The highest BCUT2D eigenvalue weighted by molar-refractivity contribution is 5.78. The van der Waals surface area contributed by atoms with Gasteiger partial charge in [-0.3, -0.25) is 4.79 Å². The van der Waals surface area contributed by atoms with Gasteiger partial charge < -0.3 is 10.6 Å². The molecule has 2 N–H and O–H groups in total. The fourth-order valence-electron chi connectivity index (χ4n) is 2.41. The van der Waals surface area contributed by atoms with Gasteiger partial charge in [0.1, 0.15) is 0 Å². The second-order valence-corrected chi connectivity index (χ2v) is 5.33. The summed E-state index contributed by atoms with van der Waals surface area (Å²) < 4.78 is 37.4. The Hall–Kier alpha value is -1.56. The molecule has 6 heteroatoms. The van der Waals surface area contributed by atoms with Crippen molar-refractivity contribution in [2.75, 3.05) is 13.1 Å². The molecule has 1 saturated heterocycles. The number of hydrogen-bond donors (Lipinski definition) is 1. The van der Waals surface area contributed by atoms with Gasteiger partial charge in [0.25, 0.3) is 0 Å². The standard InChI is InChI=1S/C14H17F3N2O/c1-9-6-13(20)19(7-9)8-12(18)10-2-4-11(5-3-10)14(15,16)17/h2-5,9,12H,6-8,18H2,1H3. The van der Waals surface area contributed by atoms with Crippen LogP contribution in [0.4, 0.5) is 13.2 Å². The van der Waals surface area contributed by atoms with Gasteiger partial charge in [-0.25, -0.2) is 0 Å². The van der Waals surface area contributed by atoms with Gasteiger partial charge in [0, 0.05) is 25.6 Å². The van der Waals surface area contributed by atoms with Crippen LogP contribution >= 0.6 is 0 Å². The number of alkyl halides is 3. The third-order valence-electron chi connectivity index (χ3n) is 3.49. The van der Waals surface area contributed by atoms with E-state index in [1.807, 2.05) is 6.92 Å². The lowest BCUT2D eigenvalue weighted by Crippen LogP contribution is -2.33. The van der Waals surface area contributed by atoms with Gasteiger partial charge in [0.15, 0.2) is 0 Å². The highest BCUT2D eigenvalue weighted by atomic mass is 19.4. The first-order valence-corrected chi connectivity index (χ1v) is 6.48. The quantitative estimate of drug-likeness (QED) is 0.928. The zero-order valence-electron chi connectivity index (χ0n) is 11.2. The molecule has 20 heavy (non-hydrogen) atoms. The number of benzene rings is 1. The molecular weight excluding hydrogens is 269 g/mol. The second kappa shape index (κ2) is 5.44. The third-order valence-corrected chi connectivity index (χ3v) is 3.49. The zero-order chi connectivity index (χ0) is 14.9. The largest absolute Gasteiger partial charge is 0.416 e. The maximum atomic E-state index is 12.5. The SMILES string of the molecule is CC1CC(=O)N(CC(N)c2ccc(C(F)(F)F)cc2)C1. The van der Waals surface area contributed by atoms with E-state index in [4.69, 9.17) is 5.73 Å². The van der Waals surface area contributed by atoms with Gasteiger partial charge in [0.2, 0.25) is 5.91 Å². The van der Waals surface area contributed by atoms with Crippen molar-refractivity contribution in [1.29, 1.82) is 0 Å². The van der Waals surface area contributed by atoms with E-state index in [-0.39, 0.29) is 5.91 Å². The van der Waals surface area contributed by atoms with Gasteiger partial charge >= 0.3 is 6.18 Å². The Kier molecular flexibility index (Phi) is 4.04.